The van der Waals surface area contributed by atoms with Crippen LogP contribution in [0.1, 0.15) is 34.5 Å². The van der Waals surface area contributed by atoms with E-state index in [1.807, 2.05) is 43.3 Å². The maximum absolute atomic E-state index is 11.1. The molecule has 0 aliphatic carbocycles. The van der Waals surface area contributed by atoms with Gasteiger partial charge < -0.3 is 9.84 Å². The Morgan fingerprint density at radius 2 is 1.74 bits per heavy atom. The highest BCUT2D eigenvalue weighted by Crippen LogP contribution is 2.22. The number of hydrogen-bond donors (Lipinski definition) is 1. The molecular weight excluding hydrogens is 240 g/mol. The molecule has 1 unspecified atom stereocenters. The van der Waals surface area contributed by atoms with Crippen LogP contribution in [0.15, 0.2) is 54.6 Å². The highest BCUT2D eigenvalue weighted by Gasteiger charge is 2.15. The van der Waals surface area contributed by atoms with Crippen LogP contribution in [0, 0.1) is 0 Å². The number of ether oxygens (including phenoxy) is 1. The van der Waals surface area contributed by atoms with Crippen LogP contribution in [0.3, 0.4) is 0 Å². The summed E-state index contributed by atoms with van der Waals surface area (Å²) in [7, 11) is 0. The normalized spacial score (nSPS) is 12.1. The van der Waals surface area contributed by atoms with E-state index in [1.165, 1.54) is 0 Å². The van der Waals surface area contributed by atoms with E-state index in [0.717, 1.165) is 5.56 Å². The zero-order chi connectivity index (χ0) is 13.7. The Hall–Kier alpha value is -2.13. The van der Waals surface area contributed by atoms with Gasteiger partial charge in [-0.3, -0.25) is 0 Å². The molecule has 0 spiro atoms. The molecule has 0 aliphatic rings. The third-order valence-corrected chi connectivity index (χ3v) is 2.97. The van der Waals surface area contributed by atoms with Crippen molar-refractivity contribution in [1.82, 2.24) is 0 Å². The Bertz CT molecular complexity index is 549. The van der Waals surface area contributed by atoms with Gasteiger partial charge in [-0.2, -0.15) is 0 Å². The average molecular weight is 256 g/mol. The summed E-state index contributed by atoms with van der Waals surface area (Å²) in [5.74, 6) is -0.925. The molecule has 0 aromatic heterocycles. The Labute approximate surface area is 112 Å². The number of carboxylic acids is 1. The minimum atomic E-state index is -0.925. The zero-order valence-corrected chi connectivity index (χ0v) is 10.7. The minimum Gasteiger partial charge on any atom is -0.478 e. The Kier molecular flexibility index (Phi) is 4.31. The van der Waals surface area contributed by atoms with Crippen molar-refractivity contribution in [3.8, 4) is 0 Å². The van der Waals surface area contributed by atoms with E-state index in [1.54, 1.807) is 18.2 Å². The van der Waals surface area contributed by atoms with Gasteiger partial charge in [0.1, 0.15) is 0 Å². The monoisotopic (exact) mass is 256 g/mol. The maximum atomic E-state index is 11.1. The molecule has 2 rings (SSSR count). The number of hydrogen-bond acceptors (Lipinski definition) is 2. The second kappa shape index (κ2) is 6.16. The second-order valence-electron chi connectivity index (χ2n) is 4.33. The van der Waals surface area contributed by atoms with Gasteiger partial charge in [0.15, 0.2) is 0 Å². The topological polar surface area (TPSA) is 46.5 Å². The summed E-state index contributed by atoms with van der Waals surface area (Å²) in [6, 6.07) is 16.8. The number of carboxylic acid groups (broad SMARTS) is 1. The molecule has 3 nitrogen and oxygen atoms in total. The summed E-state index contributed by atoms with van der Waals surface area (Å²) < 4.78 is 5.74. The van der Waals surface area contributed by atoms with Gasteiger partial charge in [0, 0.05) is 0 Å². The van der Waals surface area contributed by atoms with Gasteiger partial charge >= 0.3 is 5.97 Å². The first-order valence-corrected chi connectivity index (χ1v) is 6.16. The van der Waals surface area contributed by atoms with Crippen molar-refractivity contribution in [2.75, 3.05) is 0 Å². The van der Waals surface area contributed by atoms with Gasteiger partial charge in [-0.1, -0.05) is 48.5 Å². The first-order valence-electron chi connectivity index (χ1n) is 6.16. The second-order valence-corrected chi connectivity index (χ2v) is 4.33. The molecule has 2 aromatic carbocycles. The van der Waals surface area contributed by atoms with Gasteiger partial charge in [0.05, 0.1) is 18.3 Å². The lowest BCUT2D eigenvalue weighted by Crippen LogP contribution is -2.08. The third-order valence-electron chi connectivity index (χ3n) is 2.97. The Morgan fingerprint density at radius 1 is 1.11 bits per heavy atom. The first kappa shape index (κ1) is 13.3. The van der Waals surface area contributed by atoms with Crippen LogP contribution in [0.2, 0.25) is 0 Å². The van der Waals surface area contributed by atoms with E-state index in [-0.39, 0.29) is 6.10 Å². The van der Waals surface area contributed by atoms with Gasteiger partial charge in [0.2, 0.25) is 0 Å². The lowest BCUT2D eigenvalue weighted by molar-refractivity contribution is 0.0496. The molecule has 19 heavy (non-hydrogen) atoms. The third kappa shape index (κ3) is 3.42. The summed E-state index contributed by atoms with van der Waals surface area (Å²) in [6.45, 7) is 2.33. The van der Waals surface area contributed by atoms with Crippen molar-refractivity contribution in [1.29, 1.82) is 0 Å². The van der Waals surface area contributed by atoms with Gasteiger partial charge in [-0.15, -0.1) is 0 Å². The molecule has 0 bridgehead atoms. The quantitative estimate of drug-likeness (QED) is 0.888. The average Bonchev–Trinajstić information content (AvgIpc) is 2.46. The summed E-state index contributed by atoms with van der Waals surface area (Å²) in [5.41, 5.74) is 2.07. The van der Waals surface area contributed by atoms with E-state index in [9.17, 15) is 4.79 Å². The molecule has 98 valence electrons. The van der Waals surface area contributed by atoms with Crippen LogP contribution in [0.25, 0.3) is 0 Å². The largest absolute Gasteiger partial charge is 0.478 e. The fraction of sp³-hybridized carbons (Fsp3) is 0.188. The summed E-state index contributed by atoms with van der Waals surface area (Å²) in [6.07, 6.45) is -0.257. The molecular formula is C16H16O3. The van der Waals surface area contributed by atoms with Crippen molar-refractivity contribution < 1.29 is 14.6 Å². The van der Waals surface area contributed by atoms with E-state index in [4.69, 9.17) is 9.84 Å². The van der Waals surface area contributed by atoms with Crippen LogP contribution in [-0.4, -0.2) is 11.1 Å². The number of rotatable bonds is 5. The fourth-order valence-electron chi connectivity index (χ4n) is 1.93. The van der Waals surface area contributed by atoms with Gasteiger partial charge in [-0.05, 0) is 24.1 Å². The van der Waals surface area contributed by atoms with E-state index < -0.39 is 5.97 Å². The fourth-order valence-corrected chi connectivity index (χ4v) is 1.93. The molecule has 0 fully saturated rings. The van der Waals surface area contributed by atoms with Crippen LogP contribution in [-0.2, 0) is 11.3 Å². The number of benzene rings is 2. The summed E-state index contributed by atoms with van der Waals surface area (Å²) >= 11 is 0. The molecule has 1 atom stereocenters. The molecule has 1 N–H and O–H groups in total. The summed E-state index contributed by atoms with van der Waals surface area (Å²) in [4.78, 5) is 11.1. The molecule has 0 saturated heterocycles. The molecule has 0 radical (unpaired) electrons. The SMILES string of the molecule is CC(OCc1ccccc1)c1ccccc1C(=O)O. The lowest BCUT2D eigenvalue weighted by Gasteiger charge is -2.15. The maximum Gasteiger partial charge on any atom is 0.336 e. The number of aromatic carboxylic acids is 1. The van der Waals surface area contributed by atoms with Crippen LogP contribution in [0.4, 0.5) is 0 Å². The van der Waals surface area contributed by atoms with Crippen molar-refractivity contribution in [2.45, 2.75) is 19.6 Å². The summed E-state index contributed by atoms with van der Waals surface area (Å²) in [5, 5.41) is 9.14. The molecule has 0 amide bonds. The standard InChI is InChI=1S/C16H16O3/c1-12(19-11-13-7-3-2-4-8-13)14-9-5-6-10-15(14)16(17)18/h2-10,12H,11H2,1H3,(H,17,18). The molecule has 3 heteroatoms. The van der Waals surface area contributed by atoms with Crippen molar-refractivity contribution in [3.63, 3.8) is 0 Å². The van der Waals surface area contributed by atoms with Crippen molar-refractivity contribution >= 4 is 5.97 Å². The predicted octanol–water partition coefficient (Wildman–Crippen LogP) is 3.66. The molecule has 0 aliphatic heterocycles. The van der Waals surface area contributed by atoms with Crippen molar-refractivity contribution in [3.05, 3.63) is 71.3 Å². The number of carbonyl (C=O) groups is 1. The Balaban J connectivity index is 2.08. The van der Waals surface area contributed by atoms with Crippen LogP contribution < -0.4 is 0 Å². The predicted molar refractivity (Wildman–Crippen MR) is 73.0 cm³/mol. The van der Waals surface area contributed by atoms with E-state index >= 15 is 0 Å². The highest BCUT2D eigenvalue weighted by molar-refractivity contribution is 5.89. The van der Waals surface area contributed by atoms with Crippen molar-refractivity contribution in [2.24, 2.45) is 0 Å². The van der Waals surface area contributed by atoms with E-state index in [0.29, 0.717) is 17.7 Å². The van der Waals surface area contributed by atoms with Gasteiger partial charge in [-0.25, -0.2) is 4.79 Å². The van der Waals surface area contributed by atoms with Crippen LogP contribution >= 0.6 is 0 Å². The van der Waals surface area contributed by atoms with E-state index in [2.05, 4.69) is 0 Å². The van der Waals surface area contributed by atoms with Crippen LogP contribution in [0.5, 0.6) is 0 Å². The molecule has 0 saturated carbocycles. The molecule has 2 aromatic rings. The smallest absolute Gasteiger partial charge is 0.336 e. The minimum absolute atomic E-state index is 0.257. The highest BCUT2D eigenvalue weighted by atomic mass is 16.5. The zero-order valence-electron chi connectivity index (χ0n) is 10.7. The molecule has 0 heterocycles. The lowest BCUT2D eigenvalue weighted by atomic mass is 10.0. The Morgan fingerprint density at radius 3 is 2.42 bits per heavy atom. The first-order chi connectivity index (χ1) is 9.18. The van der Waals surface area contributed by atoms with Gasteiger partial charge in [0.25, 0.3) is 0 Å².